The molecule has 2 nitrogen and oxygen atoms in total. The Morgan fingerprint density at radius 1 is 1.43 bits per heavy atom. The third-order valence-electron chi connectivity index (χ3n) is 2.38. The summed E-state index contributed by atoms with van der Waals surface area (Å²) < 4.78 is 5.23. The topological polar surface area (TPSA) is 35.2 Å². The van der Waals surface area contributed by atoms with Crippen molar-refractivity contribution in [2.45, 2.75) is 20.3 Å². The molecule has 0 aliphatic rings. The van der Waals surface area contributed by atoms with Gasteiger partial charge in [0.25, 0.3) is 0 Å². The van der Waals surface area contributed by atoms with Crippen LogP contribution >= 0.6 is 11.6 Å². The van der Waals surface area contributed by atoms with Gasteiger partial charge in [0.15, 0.2) is 0 Å². The number of hydrogen-bond donors (Lipinski definition) is 1. The van der Waals surface area contributed by atoms with E-state index in [4.69, 9.17) is 22.1 Å². The van der Waals surface area contributed by atoms with Crippen molar-refractivity contribution in [3.8, 4) is 5.75 Å². The summed E-state index contributed by atoms with van der Waals surface area (Å²) >= 11 is 6.17. The van der Waals surface area contributed by atoms with Crippen molar-refractivity contribution in [1.29, 1.82) is 0 Å². The number of halogens is 1. The van der Waals surface area contributed by atoms with Crippen LogP contribution < -0.4 is 10.5 Å². The SMILES string of the molecule is COc1c(C)cc(CCN)c(C)c1Cl. The first kappa shape index (κ1) is 11.3. The van der Waals surface area contributed by atoms with Gasteiger partial charge in [-0.05, 0) is 43.5 Å². The van der Waals surface area contributed by atoms with Crippen LogP contribution in [-0.4, -0.2) is 13.7 Å². The Morgan fingerprint density at radius 3 is 2.57 bits per heavy atom. The maximum Gasteiger partial charge on any atom is 0.140 e. The molecule has 0 aliphatic heterocycles. The summed E-state index contributed by atoms with van der Waals surface area (Å²) in [5.41, 5.74) is 8.86. The van der Waals surface area contributed by atoms with Gasteiger partial charge in [0, 0.05) is 0 Å². The second-order valence-corrected chi connectivity index (χ2v) is 3.74. The average Bonchev–Trinajstić information content (AvgIpc) is 2.15. The zero-order valence-electron chi connectivity index (χ0n) is 8.86. The van der Waals surface area contributed by atoms with Gasteiger partial charge in [0.2, 0.25) is 0 Å². The molecule has 0 amide bonds. The van der Waals surface area contributed by atoms with Crippen LogP contribution in [0.2, 0.25) is 5.02 Å². The van der Waals surface area contributed by atoms with Crippen LogP contribution in [0, 0.1) is 13.8 Å². The Morgan fingerprint density at radius 2 is 2.07 bits per heavy atom. The Hall–Kier alpha value is -0.730. The number of benzene rings is 1. The standard InChI is InChI=1S/C11H16ClNO/c1-7-6-9(4-5-13)8(2)10(12)11(7)14-3/h6H,4-5,13H2,1-3H3. The fourth-order valence-corrected chi connectivity index (χ4v) is 1.93. The van der Waals surface area contributed by atoms with Gasteiger partial charge in [-0.1, -0.05) is 17.7 Å². The zero-order chi connectivity index (χ0) is 10.7. The van der Waals surface area contributed by atoms with Crippen LogP contribution in [0.25, 0.3) is 0 Å². The van der Waals surface area contributed by atoms with E-state index in [1.165, 1.54) is 5.56 Å². The monoisotopic (exact) mass is 213 g/mol. The van der Waals surface area contributed by atoms with E-state index >= 15 is 0 Å². The first-order valence-electron chi connectivity index (χ1n) is 4.64. The molecule has 78 valence electrons. The molecule has 0 saturated carbocycles. The van der Waals surface area contributed by atoms with Gasteiger partial charge in [-0.3, -0.25) is 0 Å². The predicted molar refractivity (Wildman–Crippen MR) is 60.2 cm³/mol. The highest BCUT2D eigenvalue weighted by molar-refractivity contribution is 6.33. The smallest absolute Gasteiger partial charge is 0.140 e. The van der Waals surface area contributed by atoms with Crippen LogP contribution in [0.4, 0.5) is 0 Å². The number of aryl methyl sites for hydroxylation is 1. The zero-order valence-corrected chi connectivity index (χ0v) is 9.61. The minimum absolute atomic E-state index is 0.642. The number of ether oxygens (including phenoxy) is 1. The largest absolute Gasteiger partial charge is 0.495 e. The molecule has 0 saturated heterocycles. The van der Waals surface area contributed by atoms with Crippen LogP contribution in [0.15, 0.2) is 6.07 Å². The van der Waals surface area contributed by atoms with Crippen molar-refractivity contribution in [1.82, 2.24) is 0 Å². The van der Waals surface area contributed by atoms with Crippen molar-refractivity contribution in [2.24, 2.45) is 5.73 Å². The van der Waals surface area contributed by atoms with Crippen LogP contribution in [0.5, 0.6) is 5.75 Å². The van der Waals surface area contributed by atoms with Crippen LogP contribution in [0.3, 0.4) is 0 Å². The lowest BCUT2D eigenvalue weighted by Gasteiger charge is -2.13. The first-order valence-corrected chi connectivity index (χ1v) is 5.02. The highest BCUT2D eigenvalue weighted by Gasteiger charge is 2.11. The maximum atomic E-state index is 6.17. The molecule has 0 atom stereocenters. The minimum atomic E-state index is 0.642. The van der Waals surface area contributed by atoms with E-state index < -0.39 is 0 Å². The number of nitrogens with two attached hydrogens (primary N) is 1. The number of methoxy groups -OCH3 is 1. The molecular weight excluding hydrogens is 198 g/mol. The van der Waals surface area contributed by atoms with Gasteiger partial charge in [-0.2, -0.15) is 0 Å². The summed E-state index contributed by atoms with van der Waals surface area (Å²) in [6.07, 6.45) is 0.858. The molecule has 1 rings (SSSR count). The summed E-state index contributed by atoms with van der Waals surface area (Å²) in [4.78, 5) is 0. The molecule has 0 heterocycles. The predicted octanol–water partition coefficient (Wildman–Crippen LogP) is 2.47. The molecule has 0 fully saturated rings. The molecule has 1 aromatic carbocycles. The summed E-state index contributed by atoms with van der Waals surface area (Å²) in [5, 5.41) is 0.705. The fourth-order valence-electron chi connectivity index (χ4n) is 1.59. The van der Waals surface area contributed by atoms with E-state index in [-0.39, 0.29) is 0 Å². The molecule has 0 spiro atoms. The van der Waals surface area contributed by atoms with E-state index in [1.54, 1.807) is 7.11 Å². The molecule has 2 N–H and O–H groups in total. The van der Waals surface area contributed by atoms with Gasteiger partial charge in [-0.15, -0.1) is 0 Å². The second kappa shape index (κ2) is 4.67. The highest BCUT2D eigenvalue weighted by Crippen LogP contribution is 2.33. The molecule has 3 heteroatoms. The lowest BCUT2D eigenvalue weighted by Crippen LogP contribution is -2.05. The quantitative estimate of drug-likeness (QED) is 0.837. The lowest BCUT2D eigenvalue weighted by atomic mass is 10.0. The minimum Gasteiger partial charge on any atom is -0.495 e. The lowest BCUT2D eigenvalue weighted by molar-refractivity contribution is 0.411. The number of rotatable bonds is 3. The summed E-state index contributed by atoms with van der Waals surface area (Å²) in [7, 11) is 1.64. The van der Waals surface area contributed by atoms with Gasteiger partial charge < -0.3 is 10.5 Å². The Kier molecular flexibility index (Phi) is 3.78. The van der Waals surface area contributed by atoms with E-state index in [2.05, 4.69) is 6.07 Å². The summed E-state index contributed by atoms with van der Waals surface area (Å²) in [5.74, 6) is 0.768. The fraction of sp³-hybridized carbons (Fsp3) is 0.455. The molecule has 0 aliphatic carbocycles. The first-order chi connectivity index (χ1) is 6.61. The van der Waals surface area contributed by atoms with E-state index in [0.717, 1.165) is 23.3 Å². The van der Waals surface area contributed by atoms with Gasteiger partial charge in [0.1, 0.15) is 5.75 Å². The van der Waals surface area contributed by atoms with E-state index in [0.29, 0.717) is 11.6 Å². The normalized spacial score (nSPS) is 10.4. The molecule has 1 aromatic rings. The van der Waals surface area contributed by atoms with Crippen LogP contribution in [0.1, 0.15) is 16.7 Å². The van der Waals surface area contributed by atoms with Gasteiger partial charge in [0.05, 0.1) is 12.1 Å². The van der Waals surface area contributed by atoms with Crippen molar-refractivity contribution in [2.75, 3.05) is 13.7 Å². The third kappa shape index (κ3) is 2.02. The van der Waals surface area contributed by atoms with Gasteiger partial charge >= 0.3 is 0 Å². The van der Waals surface area contributed by atoms with Gasteiger partial charge in [-0.25, -0.2) is 0 Å². The highest BCUT2D eigenvalue weighted by atomic mass is 35.5. The second-order valence-electron chi connectivity index (χ2n) is 3.36. The molecule has 14 heavy (non-hydrogen) atoms. The van der Waals surface area contributed by atoms with Crippen molar-refractivity contribution in [3.05, 3.63) is 27.8 Å². The van der Waals surface area contributed by atoms with Crippen molar-refractivity contribution >= 4 is 11.6 Å². The molecule has 0 bridgehead atoms. The molecular formula is C11H16ClNO. The van der Waals surface area contributed by atoms with Crippen molar-refractivity contribution in [3.63, 3.8) is 0 Å². The van der Waals surface area contributed by atoms with E-state index in [1.807, 2.05) is 13.8 Å². The summed E-state index contributed by atoms with van der Waals surface area (Å²) in [6, 6.07) is 2.09. The number of hydrogen-bond acceptors (Lipinski definition) is 2. The van der Waals surface area contributed by atoms with Crippen molar-refractivity contribution < 1.29 is 4.74 Å². The molecule has 0 aromatic heterocycles. The summed E-state index contributed by atoms with van der Waals surface area (Å²) in [6.45, 7) is 4.63. The third-order valence-corrected chi connectivity index (χ3v) is 2.83. The Labute approximate surface area is 90.0 Å². The average molecular weight is 214 g/mol. The molecule has 0 unspecified atom stereocenters. The Bertz CT molecular complexity index is 337. The maximum absolute atomic E-state index is 6.17. The van der Waals surface area contributed by atoms with Crippen LogP contribution in [-0.2, 0) is 6.42 Å². The van der Waals surface area contributed by atoms with E-state index in [9.17, 15) is 0 Å². The molecule has 0 radical (unpaired) electrons. The Balaban J connectivity index is 3.25.